The van der Waals surface area contributed by atoms with Gasteiger partial charge in [0.1, 0.15) is 0 Å². The molecule has 19 heavy (non-hydrogen) atoms. The maximum atomic E-state index is 10.9. The summed E-state index contributed by atoms with van der Waals surface area (Å²) in [5.41, 5.74) is 1.41. The van der Waals surface area contributed by atoms with Gasteiger partial charge in [0.15, 0.2) is 0 Å². The largest absolute Gasteiger partial charge is 0.304 e. The first-order chi connectivity index (χ1) is 9.11. The van der Waals surface area contributed by atoms with E-state index in [-0.39, 0.29) is 17.0 Å². The summed E-state index contributed by atoms with van der Waals surface area (Å²) in [4.78, 5) is 14.3. The van der Waals surface area contributed by atoms with Gasteiger partial charge in [0.2, 0.25) is 0 Å². The molecule has 0 fully saturated rings. The van der Waals surface area contributed by atoms with Crippen molar-refractivity contribution in [2.45, 2.75) is 12.8 Å². The Hall–Kier alpha value is -2.81. The van der Waals surface area contributed by atoms with Gasteiger partial charge in [-0.3, -0.25) is 15.1 Å². The summed E-state index contributed by atoms with van der Waals surface area (Å²) in [6.45, 7) is 0. The van der Waals surface area contributed by atoms with Gasteiger partial charge in [0, 0.05) is 37.0 Å². The Morgan fingerprint density at radius 2 is 2.37 bits per heavy atom. The van der Waals surface area contributed by atoms with E-state index in [4.69, 9.17) is 10.7 Å². The van der Waals surface area contributed by atoms with Gasteiger partial charge in [0.25, 0.3) is 5.69 Å². The van der Waals surface area contributed by atoms with Crippen molar-refractivity contribution in [3.8, 4) is 6.07 Å². The number of allylic oxidation sites excluding steroid dienone is 1. The molecule has 0 bridgehead atoms. The van der Waals surface area contributed by atoms with Gasteiger partial charge < -0.3 is 5.41 Å². The highest BCUT2D eigenvalue weighted by Crippen LogP contribution is 2.24. The summed E-state index contributed by atoms with van der Waals surface area (Å²) in [7, 11) is 0. The quantitative estimate of drug-likeness (QED) is 0.507. The first-order valence-corrected chi connectivity index (χ1v) is 5.57. The Kier molecular flexibility index (Phi) is 3.48. The van der Waals surface area contributed by atoms with Crippen LogP contribution in [-0.4, -0.2) is 16.8 Å². The van der Waals surface area contributed by atoms with Crippen LogP contribution in [0, 0.1) is 26.9 Å². The van der Waals surface area contributed by atoms with Gasteiger partial charge in [-0.2, -0.15) is 5.26 Å². The van der Waals surface area contributed by atoms with Gasteiger partial charge in [-0.25, -0.2) is 0 Å². The lowest BCUT2D eigenvalue weighted by Gasteiger charge is -2.06. The van der Waals surface area contributed by atoms with E-state index in [1.54, 1.807) is 12.4 Å². The SMILES string of the molecule is N#Cc1ccc([N+](=O)[O-])c(C(=N)CC2=CN=CC2)c1. The molecule has 0 spiro atoms. The highest BCUT2D eigenvalue weighted by atomic mass is 16.6. The van der Waals surface area contributed by atoms with E-state index in [0.29, 0.717) is 18.4 Å². The third kappa shape index (κ3) is 2.72. The number of benzene rings is 1. The number of hydrogen-bond donors (Lipinski definition) is 1. The predicted molar refractivity (Wildman–Crippen MR) is 70.4 cm³/mol. The molecule has 1 N–H and O–H groups in total. The summed E-state index contributed by atoms with van der Waals surface area (Å²) in [6, 6.07) is 5.96. The van der Waals surface area contributed by atoms with Crippen molar-refractivity contribution >= 4 is 17.6 Å². The van der Waals surface area contributed by atoms with E-state index in [2.05, 4.69) is 4.99 Å². The minimum Gasteiger partial charge on any atom is -0.304 e. The standard InChI is InChI=1S/C13H10N4O2/c14-7-9-1-2-13(17(18)19)11(5-9)12(15)6-10-3-4-16-8-10/h1-2,4-5,8,15H,3,6H2. The van der Waals surface area contributed by atoms with Gasteiger partial charge in [-0.1, -0.05) is 0 Å². The molecule has 0 unspecified atom stereocenters. The van der Waals surface area contributed by atoms with Crippen LogP contribution in [0.15, 0.2) is 35.0 Å². The minimum atomic E-state index is -0.537. The fourth-order valence-corrected chi connectivity index (χ4v) is 1.83. The molecule has 1 aromatic rings. The number of aliphatic imine (C=N–C) groups is 1. The molecular weight excluding hydrogens is 244 g/mol. The number of nitrogens with one attached hydrogen (secondary N) is 1. The topological polar surface area (TPSA) is 103 Å². The van der Waals surface area contributed by atoms with E-state index in [1.807, 2.05) is 6.07 Å². The number of nitrogens with zero attached hydrogens (tertiary/aromatic N) is 3. The average Bonchev–Trinajstić information content (AvgIpc) is 2.90. The molecule has 1 heterocycles. The second-order valence-corrected chi connectivity index (χ2v) is 4.08. The van der Waals surface area contributed by atoms with Crippen molar-refractivity contribution in [1.82, 2.24) is 0 Å². The summed E-state index contributed by atoms with van der Waals surface area (Å²) in [6.07, 6.45) is 4.35. The number of hydrogen-bond acceptors (Lipinski definition) is 5. The molecule has 2 rings (SSSR count). The maximum Gasteiger partial charge on any atom is 0.278 e. The normalized spacial score (nSPS) is 12.9. The molecule has 0 aromatic heterocycles. The van der Waals surface area contributed by atoms with Crippen molar-refractivity contribution in [1.29, 1.82) is 10.7 Å². The van der Waals surface area contributed by atoms with Gasteiger partial charge >= 0.3 is 0 Å². The molecule has 0 atom stereocenters. The van der Waals surface area contributed by atoms with Gasteiger partial charge in [-0.05, 0) is 17.7 Å². The number of nitriles is 1. The first-order valence-electron chi connectivity index (χ1n) is 5.57. The van der Waals surface area contributed by atoms with E-state index in [0.717, 1.165) is 5.57 Å². The molecular formula is C13H10N4O2. The Bertz CT molecular complexity index is 653. The second kappa shape index (κ2) is 5.23. The maximum absolute atomic E-state index is 10.9. The highest BCUT2D eigenvalue weighted by Gasteiger charge is 2.19. The van der Waals surface area contributed by atoms with Crippen molar-refractivity contribution in [2.24, 2.45) is 4.99 Å². The second-order valence-electron chi connectivity index (χ2n) is 4.08. The van der Waals surface area contributed by atoms with Crippen molar-refractivity contribution in [3.63, 3.8) is 0 Å². The van der Waals surface area contributed by atoms with Crippen LogP contribution in [0.5, 0.6) is 0 Å². The molecule has 0 saturated heterocycles. The molecule has 1 aliphatic rings. The fourth-order valence-electron chi connectivity index (χ4n) is 1.83. The number of rotatable bonds is 4. The minimum absolute atomic E-state index is 0.126. The summed E-state index contributed by atoms with van der Waals surface area (Å²) < 4.78 is 0. The summed E-state index contributed by atoms with van der Waals surface area (Å²) in [5, 5.41) is 27.8. The predicted octanol–water partition coefficient (Wildman–Crippen LogP) is 2.58. The van der Waals surface area contributed by atoms with Crippen LogP contribution >= 0.6 is 0 Å². The van der Waals surface area contributed by atoms with E-state index in [1.165, 1.54) is 18.2 Å². The zero-order valence-corrected chi connectivity index (χ0v) is 9.96. The molecule has 0 aliphatic carbocycles. The van der Waals surface area contributed by atoms with Gasteiger partial charge in [-0.15, -0.1) is 0 Å². The molecule has 6 nitrogen and oxygen atoms in total. The molecule has 1 aliphatic heterocycles. The Balaban J connectivity index is 2.33. The smallest absolute Gasteiger partial charge is 0.278 e. The Morgan fingerprint density at radius 3 is 2.95 bits per heavy atom. The van der Waals surface area contributed by atoms with E-state index in [9.17, 15) is 10.1 Å². The van der Waals surface area contributed by atoms with E-state index >= 15 is 0 Å². The number of nitro benzene ring substituents is 1. The first kappa shape index (κ1) is 12.6. The fraction of sp³-hybridized carbons (Fsp3) is 0.154. The van der Waals surface area contributed by atoms with Crippen LogP contribution in [0.25, 0.3) is 0 Å². The molecule has 0 radical (unpaired) electrons. The molecule has 94 valence electrons. The van der Waals surface area contributed by atoms with Crippen LogP contribution in [-0.2, 0) is 0 Å². The molecule has 1 aromatic carbocycles. The lowest BCUT2D eigenvalue weighted by molar-refractivity contribution is -0.385. The summed E-state index contributed by atoms with van der Waals surface area (Å²) in [5.74, 6) is 0. The zero-order valence-electron chi connectivity index (χ0n) is 9.96. The lowest BCUT2D eigenvalue weighted by Crippen LogP contribution is -2.05. The molecule has 0 amide bonds. The van der Waals surface area contributed by atoms with Crippen molar-refractivity contribution in [2.75, 3.05) is 0 Å². The van der Waals surface area contributed by atoms with Crippen molar-refractivity contribution in [3.05, 3.63) is 51.2 Å². The third-order valence-corrected chi connectivity index (χ3v) is 2.77. The zero-order chi connectivity index (χ0) is 13.8. The average molecular weight is 254 g/mol. The van der Waals surface area contributed by atoms with Crippen molar-refractivity contribution < 1.29 is 4.92 Å². The molecule has 0 saturated carbocycles. The number of nitro groups is 1. The van der Waals surface area contributed by atoms with Crippen LogP contribution in [0.4, 0.5) is 5.69 Å². The highest BCUT2D eigenvalue weighted by molar-refractivity contribution is 6.03. The third-order valence-electron chi connectivity index (χ3n) is 2.77. The van der Waals surface area contributed by atoms with Crippen LogP contribution in [0.1, 0.15) is 24.0 Å². The van der Waals surface area contributed by atoms with Crippen LogP contribution in [0.3, 0.4) is 0 Å². The Labute approximate surface area is 109 Å². The van der Waals surface area contributed by atoms with Crippen LogP contribution < -0.4 is 0 Å². The lowest BCUT2D eigenvalue weighted by atomic mass is 9.99. The van der Waals surface area contributed by atoms with E-state index < -0.39 is 4.92 Å². The molecule has 6 heteroatoms. The summed E-state index contributed by atoms with van der Waals surface area (Å²) >= 11 is 0. The monoisotopic (exact) mass is 254 g/mol. The van der Waals surface area contributed by atoms with Gasteiger partial charge in [0.05, 0.1) is 22.1 Å². The Morgan fingerprint density at radius 1 is 1.58 bits per heavy atom. The van der Waals surface area contributed by atoms with Crippen LogP contribution in [0.2, 0.25) is 0 Å².